The monoisotopic (exact) mass is 435 g/mol. The Morgan fingerprint density at radius 1 is 1.03 bits per heavy atom. The Labute approximate surface area is 188 Å². The number of nitrogens with zero attached hydrogens (tertiary/aromatic N) is 4. The second-order valence-electron chi connectivity index (χ2n) is 8.50. The summed E-state index contributed by atoms with van der Waals surface area (Å²) in [7, 11) is 4.09. The summed E-state index contributed by atoms with van der Waals surface area (Å²) in [5, 5.41) is 12.2. The maximum absolute atomic E-state index is 6.12. The van der Waals surface area contributed by atoms with Gasteiger partial charge in [0.2, 0.25) is 0 Å². The van der Waals surface area contributed by atoms with Gasteiger partial charge in [-0.15, -0.1) is 5.10 Å². The van der Waals surface area contributed by atoms with E-state index in [1.165, 1.54) is 11.3 Å². The van der Waals surface area contributed by atoms with Crippen molar-refractivity contribution < 1.29 is 14.2 Å². The second kappa shape index (κ2) is 9.28. The SMILES string of the molecule is CN(C)c1ccc(CN[C@H]2CO[C@H]3[C@@H]2OC[C@@H]3n2cc(COc3ccccc3)nn2)cc1. The van der Waals surface area contributed by atoms with Crippen molar-refractivity contribution in [3.8, 4) is 5.75 Å². The Morgan fingerprint density at radius 2 is 1.81 bits per heavy atom. The lowest BCUT2D eigenvalue weighted by Gasteiger charge is -2.18. The topological polar surface area (TPSA) is 73.7 Å². The van der Waals surface area contributed by atoms with E-state index < -0.39 is 0 Å². The first kappa shape index (κ1) is 20.9. The van der Waals surface area contributed by atoms with Crippen molar-refractivity contribution in [3.05, 3.63) is 72.1 Å². The molecule has 3 heterocycles. The van der Waals surface area contributed by atoms with E-state index in [4.69, 9.17) is 14.2 Å². The Kier molecular flexibility index (Phi) is 6.07. The van der Waals surface area contributed by atoms with E-state index in [2.05, 4.69) is 44.8 Å². The molecule has 0 unspecified atom stereocenters. The van der Waals surface area contributed by atoms with E-state index in [0.717, 1.165) is 18.0 Å². The number of hydrogen-bond acceptors (Lipinski definition) is 7. The maximum Gasteiger partial charge on any atom is 0.134 e. The van der Waals surface area contributed by atoms with E-state index in [0.29, 0.717) is 19.8 Å². The molecule has 8 nitrogen and oxygen atoms in total. The largest absolute Gasteiger partial charge is 0.487 e. The Hall–Kier alpha value is -2.94. The predicted molar refractivity (Wildman–Crippen MR) is 121 cm³/mol. The summed E-state index contributed by atoms with van der Waals surface area (Å²) in [6.07, 6.45) is 1.90. The highest BCUT2D eigenvalue weighted by Crippen LogP contribution is 2.34. The van der Waals surface area contributed by atoms with Crippen LogP contribution in [0.1, 0.15) is 17.3 Å². The van der Waals surface area contributed by atoms with Gasteiger partial charge in [0.25, 0.3) is 0 Å². The quantitative estimate of drug-likeness (QED) is 0.583. The van der Waals surface area contributed by atoms with Gasteiger partial charge < -0.3 is 24.4 Å². The van der Waals surface area contributed by atoms with Crippen LogP contribution in [-0.2, 0) is 22.6 Å². The lowest BCUT2D eigenvalue weighted by molar-refractivity contribution is 0.0619. The molecule has 0 spiro atoms. The molecule has 32 heavy (non-hydrogen) atoms. The molecule has 2 aliphatic rings. The van der Waals surface area contributed by atoms with E-state index in [-0.39, 0.29) is 24.3 Å². The van der Waals surface area contributed by atoms with Crippen molar-refractivity contribution in [2.45, 2.75) is 37.4 Å². The first-order valence-electron chi connectivity index (χ1n) is 11.0. The van der Waals surface area contributed by atoms with Gasteiger partial charge in [0.05, 0.1) is 25.5 Å². The summed E-state index contributed by atoms with van der Waals surface area (Å²) in [5.41, 5.74) is 3.22. The molecule has 2 saturated heterocycles. The van der Waals surface area contributed by atoms with Crippen molar-refractivity contribution in [1.82, 2.24) is 20.3 Å². The second-order valence-corrected chi connectivity index (χ2v) is 8.50. The fraction of sp³-hybridized carbons (Fsp3) is 0.417. The molecular weight excluding hydrogens is 406 g/mol. The summed E-state index contributed by atoms with van der Waals surface area (Å²) in [6.45, 7) is 2.35. The fourth-order valence-corrected chi connectivity index (χ4v) is 4.26. The zero-order valence-corrected chi connectivity index (χ0v) is 18.4. The number of hydrogen-bond donors (Lipinski definition) is 1. The molecule has 168 valence electrons. The van der Waals surface area contributed by atoms with Crippen LogP contribution < -0.4 is 15.0 Å². The van der Waals surface area contributed by atoms with Crippen LogP contribution >= 0.6 is 0 Å². The molecule has 5 rings (SSSR count). The molecule has 1 N–H and O–H groups in total. The molecule has 4 atom stereocenters. The van der Waals surface area contributed by atoms with Crippen LogP contribution in [0.5, 0.6) is 5.75 Å². The average Bonchev–Trinajstić information content (AvgIpc) is 3.54. The highest BCUT2D eigenvalue weighted by molar-refractivity contribution is 5.46. The molecule has 8 heteroatoms. The fourth-order valence-electron chi connectivity index (χ4n) is 4.26. The third-order valence-corrected chi connectivity index (χ3v) is 6.08. The molecule has 2 fully saturated rings. The van der Waals surface area contributed by atoms with Crippen molar-refractivity contribution in [3.63, 3.8) is 0 Å². The molecular formula is C24H29N5O3. The third kappa shape index (κ3) is 4.48. The van der Waals surface area contributed by atoms with Crippen LogP contribution in [0.25, 0.3) is 0 Å². The Bertz CT molecular complexity index is 1010. The average molecular weight is 436 g/mol. The number of ether oxygens (including phenoxy) is 3. The van der Waals surface area contributed by atoms with Gasteiger partial charge in [0.15, 0.2) is 0 Å². The van der Waals surface area contributed by atoms with Crippen LogP contribution in [0.4, 0.5) is 5.69 Å². The minimum atomic E-state index is -0.0341. The van der Waals surface area contributed by atoms with Gasteiger partial charge >= 0.3 is 0 Å². The highest BCUT2D eigenvalue weighted by atomic mass is 16.6. The summed E-state index contributed by atoms with van der Waals surface area (Å²) in [5.74, 6) is 0.815. The van der Waals surface area contributed by atoms with Crippen molar-refractivity contribution in [2.75, 3.05) is 32.2 Å². The number of nitrogens with one attached hydrogen (secondary N) is 1. The van der Waals surface area contributed by atoms with Crippen LogP contribution in [0.2, 0.25) is 0 Å². The van der Waals surface area contributed by atoms with Crippen molar-refractivity contribution >= 4 is 5.69 Å². The molecule has 0 amide bonds. The van der Waals surface area contributed by atoms with Crippen molar-refractivity contribution in [1.29, 1.82) is 0 Å². The van der Waals surface area contributed by atoms with Crippen LogP contribution in [0.15, 0.2) is 60.8 Å². The number of anilines is 1. The molecule has 2 aromatic carbocycles. The minimum Gasteiger partial charge on any atom is -0.487 e. The minimum absolute atomic E-state index is 0.00858. The summed E-state index contributed by atoms with van der Waals surface area (Å²) >= 11 is 0. The number of rotatable bonds is 8. The molecule has 0 bridgehead atoms. The Morgan fingerprint density at radius 3 is 2.59 bits per heavy atom. The van der Waals surface area contributed by atoms with Gasteiger partial charge in [-0.2, -0.15) is 0 Å². The number of aromatic nitrogens is 3. The number of fused-ring (bicyclic) bond motifs is 1. The third-order valence-electron chi connectivity index (χ3n) is 6.08. The van der Waals surface area contributed by atoms with Gasteiger partial charge in [-0.25, -0.2) is 4.68 Å². The van der Waals surface area contributed by atoms with Gasteiger partial charge in [-0.05, 0) is 29.8 Å². The van der Waals surface area contributed by atoms with E-state index in [1.54, 1.807) is 0 Å². The van der Waals surface area contributed by atoms with E-state index >= 15 is 0 Å². The first-order valence-corrected chi connectivity index (χ1v) is 11.0. The van der Waals surface area contributed by atoms with E-state index in [9.17, 15) is 0 Å². The summed E-state index contributed by atoms with van der Waals surface area (Å²) in [6, 6.07) is 18.5. The normalized spacial score (nSPS) is 24.4. The van der Waals surface area contributed by atoms with Crippen molar-refractivity contribution in [2.24, 2.45) is 0 Å². The molecule has 0 radical (unpaired) electrons. The summed E-state index contributed by atoms with van der Waals surface area (Å²) < 4.78 is 19.9. The number of para-hydroxylation sites is 1. The molecule has 0 aliphatic carbocycles. The lowest BCUT2D eigenvalue weighted by Crippen LogP contribution is -2.40. The smallest absolute Gasteiger partial charge is 0.134 e. The van der Waals surface area contributed by atoms with Gasteiger partial charge in [0, 0.05) is 26.3 Å². The van der Waals surface area contributed by atoms with E-state index in [1.807, 2.05) is 55.3 Å². The van der Waals surface area contributed by atoms with Crippen LogP contribution in [0.3, 0.4) is 0 Å². The van der Waals surface area contributed by atoms with Crippen LogP contribution in [0, 0.1) is 0 Å². The molecule has 0 saturated carbocycles. The first-order chi connectivity index (χ1) is 15.7. The summed E-state index contributed by atoms with van der Waals surface area (Å²) in [4.78, 5) is 2.10. The van der Waals surface area contributed by atoms with Gasteiger partial charge in [-0.3, -0.25) is 0 Å². The number of benzene rings is 2. The highest BCUT2D eigenvalue weighted by Gasteiger charge is 2.48. The maximum atomic E-state index is 6.12. The molecule has 2 aliphatic heterocycles. The van der Waals surface area contributed by atoms with Gasteiger partial charge in [-0.1, -0.05) is 35.5 Å². The molecule has 1 aromatic heterocycles. The predicted octanol–water partition coefficient (Wildman–Crippen LogP) is 2.42. The van der Waals surface area contributed by atoms with Gasteiger partial charge in [0.1, 0.15) is 36.3 Å². The van der Waals surface area contributed by atoms with Crippen LogP contribution in [-0.4, -0.2) is 60.6 Å². The molecule has 3 aromatic rings. The standard InChI is InChI=1S/C24H29N5O3/c1-28(2)19-10-8-17(9-11-19)12-25-21-15-31-24-22(16-32-23(21)24)29-13-18(26-27-29)14-30-20-6-4-3-5-7-20/h3-11,13,21-25H,12,14-16H2,1-2H3/t21-,22-,23+,24+/m0/s1. The lowest BCUT2D eigenvalue weighted by atomic mass is 10.1. The zero-order valence-electron chi connectivity index (χ0n) is 18.4. The zero-order chi connectivity index (χ0) is 21.9. The Balaban J connectivity index is 1.15.